The predicted molar refractivity (Wildman–Crippen MR) is 135 cm³/mol. The van der Waals surface area contributed by atoms with Crippen molar-refractivity contribution in [2.24, 2.45) is 0 Å². The van der Waals surface area contributed by atoms with E-state index in [1.165, 1.54) is 28.8 Å². The number of benzene rings is 2. The van der Waals surface area contributed by atoms with Gasteiger partial charge >= 0.3 is 5.97 Å². The number of hydrogen-bond acceptors (Lipinski definition) is 6. The molecular weight excluding hydrogens is 475 g/mol. The summed E-state index contributed by atoms with van der Waals surface area (Å²) in [5.41, 5.74) is 2.94. The van der Waals surface area contributed by atoms with Gasteiger partial charge < -0.3 is 5.11 Å². The summed E-state index contributed by atoms with van der Waals surface area (Å²) in [5.74, 6) is -0.803. The molecule has 0 unspecified atom stereocenters. The highest BCUT2D eigenvalue weighted by atomic mass is 19.1. The SMILES string of the molecule is O=C(O)CCCCc1nc2cc(-c3cn(Cc4ccccn4)nn3)ccc2c(=O)n1-c1ccc(F)cc1. The van der Waals surface area contributed by atoms with Gasteiger partial charge in [0, 0.05) is 24.6 Å². The minimum absolute atomic E-state index is 0.0344. The van der Waals surface area contributed by atoms with E-state index in [0.29, 0.717) is 53.9 Å². The smallest absolute Gasteiger partial charge is 0.303 e. The molecule has 3 aromatic heterocycles. The van der Waals surface area contributed by atoms with Crippen molar-refractivity contribution in [3.63, 3.8) is 0 Å². The van der Waals surface area contributed by atoms with Crippen LogP contribution in [0.15, 0.2) is 77.9 Å². The molecule has 0 aliphatic carbocycles. The van der Waals surface area contributed by atoms with E-state index in [4.69, 9.17) is 10.1 Å². The molecule has 0 saturated heterocycles. The molecule has 9 nitrogen and oxygen atoms in total. The summed E-state index contributed by atoms with van der Waals surface area (Å²) in [5, 5.41) is 17.8. The van der Waals surface area contributed by atoms with E-state index in [2.05, 4.69) is 15.3 Å². The first kappa shape index (κ1) is 24.0. The van der Waals surface area contributed by atoms with Crippen molar-refractivity contribution in [2.45, 2.75) is 32.2 Å². The maximum atomic E-state index is 13.5. The first-order valence-corrected chi connectivity index (χ1v) is 11.8. The van der Waals surface area contributed by atoms with E-state index in [-0.39, 0.29) is 12.0 Å². The lowest BCUT2D eigenvalue weighted by Crippen LogP contribution is -2.24. The second-order valence-corrected chi connectivity index (χ2v) is 8.60. The van der Waals surface area contributed by atoms with Gasteiger partial charge in [0.05, 0.1) is 35.0 Å². The molecule has 0 atom stereocenters. The van der Waals surface area contributed by atoms with Crippen molar-refractivity contribution >= 4 is 16.9 Å². The van der Waals surface area contributed by atoms with Crippen molar-refractivity contribution < 1.29 is 14.3 Å². The van der Waals surface area contributed by atoms with Crippen molar-refractivity contribution in [2.75, 3.05) is 0 Å². The normalized spacial score (nSPS) is 11.2. The molecule has 3 heterocycles. The van der Waals surface area contributed by atoms with Crippen LogP contribution in [0.5, 0.6) is 0 Å². The lowest BCUT2D eigenvalue weighted by molar-refractivity contribution is -0.137. The lowest BCUT2D eigenvalue weighted by atomic mass is 10.1. The van der Waals surface area contributed by atoms with Crippen LogP contribution in [0.4, 0.5) is 4.39 Å². The average molecular weight is 499 g/mol. The van der Waals surface area contributed by atoms with Gasteiger partial charge in [-0.3, -0.25) is 19.1 Å². The zero-order valence-corrected chi connectivity index (χ0v) is 19.8. The lowest BCUT2D eigenvalue weighted by Gasteiger charge is -2.14. The third kappa shape index (κ3) is 5.43. The van der Waals surface area contributed by atoms with Gasteiger partial charge in [-0.25, -0.2) is 14.1 Å². The number of nitrogens with zero attached hydrogens (tertiary/aromatic N) is 6. The van der Waals surface area contributed by atoms with Gasteiger partial charge in [0.15, 0.2) is 0 Å². The highest BCUT2D eigenvalue weighted by Crippen LogP contribution is 2.22. The Hall–Kier alpha value is -4.73. The van der Waals surface area contributed by atoms with Crippen LogP contribution in [0.3, 0.4) is 0 Å². The topological polar surface area (TPSA) is 116 Å². The molecule has 1 N–H and O–H groups in total. The average Bonchev–Trinajstić information content (AvgIpc) is 3.36. The largest absolute Gasteiger partial charge is 0.481 e. The molecule has 2 aromatic carbocycles. The fraction of sp³-hybridized carbons (Fsp3) is 0.185. The third-order valence-electron chi connectivity index (χ3n) is 5.95. The van der Waals surface area contributed by atoms with Crippen molar-refractivity contribution in [3.8, 4) is 16.9 Å². The number of hydrogen-bond donors (Lipinski definition) is 1. The van der Waals surface area contributed by atoms with Gasteiger partial charge in [-0.15, -0.1) is 5.10 Å². The molecule has 0 aliphatic rings. The minimum atomic E-state index is -0.872. The van der Waals surface area contributed by atoms with Gasteiger partial charge in [0.1, 0.15) is 17.3 Å². The molecule has 5 aromatic rings. The molecule has 0 bridgehead atoms. The Bertz CT molecular complexity index is 1610. The van der Waals surface area contributed by atoms with E-state index in [1.807, 2.05) is 24.4 Å². The second-order valence-electron chi connectivity index (χ2n) is 8.60. The molecule has 10 heteroatoms. The first-order chi connectivity index (χ1) is 18.0. The Morgan fingerprint density at radius 1 is 1.03 bits per heavy atom. The maximum absolute atomic E-state index is 13.5. The van der Waals surface area contributed by atoms with Crippen LogP contribution in [0.25, 0.3) is 27.8 Å². The summed E-state index contributed by atoms with van der Waals surface area (Å²) < 4.78 is 16.7. The fourth-order valence-corrected chi connectivity index (χ4v) is 4.14. The highest BCUT2D eigenvalue weighted by Gasteiger charge is 2.15. The number of aromatic nitrogens is 6. The van der Waals surface area contributed by atoms with Crippen LogP contribution in [0, 0.1) is 5.82 Å². The van der Waals surface area contributed by atoms with Crippen LogP contribution >= 0.6 is 0 Å². The monoisotopic (exact) mass is 498 g/mol. The Morgan fingerprint density at radius 3 is 2.62 bits per heavy atom. The Kier molecular flexibility index (Phi) is 6.80. The Morgan fingerprint density at radius 2 is 1.86 bits per heavy atom. The number of carboxylic acid groups (broad SMARTS) is 1. The van der Waals surface area contributed by atoms with Gasteiger partial charge in [-0.05, 0) is 61.4 Å². The summed E-state index contributed by atoms with van der Waals surface area (Å²) in [6.07, 6.45) is 4.94. The molecule has 0 saturated carbocycles. The van der Waals surface area contributed by atoms with Crippen LogP contribution in [-0.4, -0.2) is 40.6 Å². The van der Waals surface area contributed by atoms with Crippen molar-refractivity contribution in [3.05, 3.63) is 101 Å². The summed E-state index contributed by atoms with van der Waals surface area (Å²) in [6, 6.07) is 16.6. The van der Waals surface area contributed by atoms with Gasteiger partial charge in [0.2, 0.25) is 0 Å². The van der Waals surface area contributed by atoms with Gasteiger partial charge in [-0.1, -0.05) is 17.3 Å². The van der Waals surface area contributed by atoms with E-state index in [0.717, 1.165) is 11.3 Å². The predicted octanol–water partition coefficient (Wildman–Crippen LogP) is 4.02. The quantitative estimate of drug-likeness (QED) is 0.305. The number of aryl methyl sites for hydroxylation is 1. The van der Waals surface area contributed by atoms with Crippen molar-refractivity contribution in [1.29, 1.82) is 0 Å². The molecule has 0 aliphatic heterocycles. The van der Waals surface area contributed by atoms with Crippen LogP contribution in [-0.2, 0) is 17.8 Å². The summed E-state index contributed by atoms with van der Waals surface area (Å²) in [7, 11) is 0. The molecular formula is C27H23FN6O3. The van der Waals surface area contributed by atoms with Gasteiger partial charge in [-0.2, -0.15) is 0 Å². The van der Waals surface area contributed by atoms with E-state index in [9.17, 15) is 14.0 Å². The number of fused-ring (bicyclic) bond motifs is 1. The highest BCUT2D eigenvalue weighted by molar-refractivity contribution is 5.83. The summed E-state index contributed by atoms with van der Waals surface area (Å²) >= 11 is 0. The van der Waals surface area contributed by atoms with Gasteiger partial charge in [0.25, 0.3) is 5.56 Å². The Labute approximate surface area is 210 Å². The Balaban J connectivity index is 1.51. The molecule has 0 spiro atoms. The van der Waals surface area contributed by atoms with Crippen molar-refractivity contribution in [1.82, 2.24) is 29.5 Å². The minimum Gasteiger partial charge on any atom is -0.481 e. The molecule has 186 valence electrons. The number of aliphatic carboxylic acids is 1. The number of halogens is 1. The molecule has 5 rings (SSSR count). The standard InChI is InChI=1S/C27H23FN6O3/c28-19-9-11-21(12-10-19)34-25(6-1-2-7-26(35)36)30-23-15-18(8-13-22(23)27(34)37)24-17-33(32-31-24)16-20-5-3-4-14-29-20/h3-5,8-15,17H,1-2,6-7,16H2,(H,35,36). The van der Waals surface area contributed by atoms with E-state index >= 15 is 0 Å². The molecule has 0 amide bonds. The first-order valence-electron chi connectivity index (χ1n) is 11.8. The summed E-state index contributed by atoms with van der Waals surface area (Å²) in [6.45, 7) is 0.475. The fourth-order valence-electron chi connectivity index (χ4n) is 4.14. The summed E-state index contributed by atoms with van der Waals surface area (Å²) in [4.78, 5) is 33.5. The second kappa shape index (κ2) is 10.5. The van der Waals surface area contributed by atoms with Crippen LogP contribution in [0.2, 0.25) is 0 Å². The number of pyridine rings is 1. The molecule has 37 heavy (non-hydrogen) atoms. The number of unbranched alkanes of at least 4 members (excludes halogenated alkanes) is 1. The van der Waals surface area contributed by atoms with Crippen LogP contribution < -0.4 is 5.56 Å². The van der Waals surface area contributed by atoms with E-state index < -0.39 is 11.8 Å². The zero-order chi connectivity index (χ0) is 25.8. The molecule has 0 radical (unpaired) electrons. The van der Waals surface area contributed by atoms with E-state index in [1.54, 1.807) is 29.1 Å². The van der Waals surface area contributed by atoms with Crippen LogP contribution in [0.1, 0.15) is 30.8 Å². The maximum Gasteiger partial charge on any atom is 0.303 e. The molecule has 0 fully saturated rings. The third-order valence-corrected chi connectivity index (χ3v) is 5.95. The number of rotatable bonds is 9. The zero-order valence-electron chi connectivity index (χ0n) is 19.8. The number of carboxylic acids is 1. The number of carbonyl (C=O) groups is 1.